The maximum atomic E-state index is 13.1. The number of ether oxygens (including phenoxy) is 2. The molecule has 0 saturated heterocycles. The number of esters is 2. The van der Waals surface area contributed by atoms with Crippen LogP contribution in [-0.4, -0.2) is 26.2 Å². The number of carbonyl (C=O) groups is 2. The summed E-state index contributed by atoms with van der Waals surface area (Å²) in [6.45, 7) is 3.70. The van der Waals surface area contributed by atoms with Crippen molar-refractivity contribution in [1.29, 1.82) is 5.26 Å². The molecule has 1 heterocycles. The molecule has 0 aliphatic carbocycles. The van der Waals surface area contributed by atoms with E-state index < -0.39 is 17.9 Å². The van der Waals surface area contributed by atoms with Gasteiger partial charge in [0.25, 0.3) is 0 Å². The van der Waals surface area contributed by atoms with Gasteiger partial charge in [-0.2, -0.15) is 5.26 Å². The minimum absolute atomic E-state index is 0.0157. The maximum absolute atomic E-state index is 13.1. The molecule has 0 fully saturated rings. The Morgan fingerprint density at radius 1 is 1.06 bits per heavy atom. The molecule has 1 aliphatic heterocycles. The normalized spacial score (nSPS) is 16.0. The number of aryl methyl sites for hydroxylation is 2. The van der Waals surface area contributed by atoms with E-state index in [1.165, 1.54) is 19.1 Å². The van der Waals surface area contributed by atoms with Crippen LogP contribution >= 0.6 is 15.9 Å². The van der Waals surface area contributed by atoms with Crippen LogP contribution in [-0.2, 0) is 19.1 Å². The first-order valence-corrected chi connectivity index (χ1v) is 10.5. The van der Waals surface area contributed by atoms with E-state index in [0.717, 1.165) is 15.6 Å². The smallest absolute Gasteiger partial charge is 0.355 e. The van der Waals surface area contributed by atoms with Gasteiger partial charge in [-0.1, -0.05) is 46.3 Å². The van der Waals surface area contributed by atoms with Crippen LogP contribution in [0.1, 0.15) is 22.6 Å². The number of carbonyl (C=O) groups excluding carboxylic acids is 2. The average Bonchev–Trinajstić information content (AvgIpc) is 2.78. The number of nitrogens with zero attached hydrogens (tertiary/aromatic N) is 2. The van der Waals surface area contributed by atoms with Crippen molar-refractivity contribution >= 4 is 33.6 Å². The van der Waals surface area contributed by atoms with Gasteiger partial charge >= 0.3 is 11.9 Å². The van der Waals surface area contributed by atoms with Crippen molar-refractivity contribution in [2.24, 2.45) is 5.73 Å². The van der Waals surface area contributed by atoms with Crippen molar-refractivity contribution in [2.75, 3.05) is 19.1 Å². The van der Waals surface area contributed by atoms with E-state index in [2.05, 4.69) is 22.0 Å². The fraction of sp³-hybridized carbons (Fsp3) is 0.208. The quantitative estimate of drug-likeness (QED) is 0.639. The molecule has 7 nitrogen and oxygen atoms in total. The van der Waals surface area contributed by atoms with Crippen molar-refractivity contribution in [3.8, 4) is 6.07 Å². The summed E-state index contributed by atoms with van der Waals surface area (Å²) >= 11 is 3.46. The topological polar surface area (TPSA) is 106 Å². The zero-order chi connectivity index (χ0) is 23.6. The van der Waals surface area contributed by atoms with Crippen LogP contribution in [0, 0.1) is 25.2 Å². The lowest BCUT2D eigenvalue weighted by atomic mass is 9.80. The Kier molecular flexibility index (Phi) is 6.70. The highest BCUT2D eigenvalue weighted by Gasteiger charge is 2.43. The number of rotatable bonds is 4. The lowest BCUT2D eigenvalue weighted by molar-refractivity contribution is -0.139. The van der Waals surface area contributed by atoms with E-state index in [9.17, 15) is 14.9 Å². The molecule has 0 amide bonds. The predicted molar refractivity (Wildman–Crippen MR) is 123 cm³/mol. The number of nitrogens with two attached hydrogens (primary N) is 1. The Morgan fingerprint density at radius 2 is 1.62 bits per heavy atom. The summed E-state index contributed by atoms with van der Waals surface area (Å²) in [5.41, 5.74) is 9.32. The average molecular weight is 496 g/mol. The van der Waals surface area contributed by atoms with Crippen LogP contribution < -0.4 is 10.6 Å². The number of hydrogen-bond acceptors (Lipinski definition) is 7. The van der Waals surface area contributed by atoms with Crippen LogP contribution in [0.4, 0.5) is 5.69 Å². The minimum Gasteiger partial charge on any atom is -0.466 e. The summed E-state index contributed by atoms with van der Waals surface area (Å²) < 4.78 is 10.9. The number of anilines is 1. The molecule has 8 heteroatoms. The second-order valence-corrected chi connectivity index (χ2v) is 8.14. The molecule has 1 atom stereocenters. The van der Waals surface area contributed by atoms with E-state index in [1.54, 1.807) is 24.3 Å². The Balaban J connectivity index is 2.48. The number of methoxy groups -OCH3 is 2. The fourth-order valence-electron chi connectivity index (χ4n) is 4.00. The molecule has 0 radical (unpaired) electrons. The third kappa shape index (κ3) is 3.87. The molecule has 0 saturated carbocycles. The molecule has 2 aromatic rings. The first-order chi connectivity index (χ1) is 15.3. The van der Waals surface area contributed by atoms with Gasteiger partial charge in [0, 0.05) is 4.47 Å². The van der Waals surface area contributed by atoms with Gasteiger partial charge < -0.3 is 15.2 Å². The second-order valence-electron chi connectivity index (χ2n) is 7.22. The standard InChI is InChI=1S/C24H22BrN3O4/c1-13-10-16(25)11-14(2)20(13)28-21(24(30)32-4)19(23(29)31-3)18(17(12-26)22(28)27)15-8-6-5-7-9-15/h5-11,18H,27H2,1-4H3. The fourth-order valence-corrected chi connectivity index (χ4v) is 4.69. The molecule has 32 heavy (non-hydrogen) atoms. The van der Waals surface area contributed by atoms with E-state index >= 15 is 0 Å². The van der Waals surface area contributed by atoms with Crippen molar-refractivity contribution in [1.82, 2.24) is 0 Å². The van der Waals surface area contributed by atoms with Gasteiger partial charge in [0.1, 0.15) is 11.5 Å². The second kappa shape index (κ2) is 9.28. The highest BCUT2D eigenvalue weighted by molar-refractivity contribution is 9.10. The first kappa shape index (κ1) is 23.1. The Labute approximate surface area is 194 Å². The first-order valence-electron chi connectivity index (χ1n) is 9.69. The number of nitriles is 1. The molecule has 2 aromatic carbocycles. The summed E-state index contributed by atoms with van der Waals surface area (Å²) in [5, 5.41) is 10.1. The zero-order valence-corrected chi connectivity index (χ0v) is 19.7. The summed E-state index contributed by atoms with van der Waals surface area (Å²) in [6, 6.07) is 14.8. The lowest BCUT2D eigenvalue weighted by Crippen LogP contribution is -2.41. The van der Waals surface area contributed by atoms with Crippen LogP contribution in [0.3, 0.4) is 0 Å². The van der Waals surface area contributed by atoms with E-state index in [0.29, 0.717) is 11.3 Å². The Morgan fingerprint density at radius 3 is 2.12 bits per heavy atom. The molecular weight excluding hydrogens is 474 g/mol. The Hall–Kier alpha value is -3.57. The zero-order valence-electron chi connectivity index (χ0n) is 18.1. The van der Waals surface area contributed by atoms with Crippen LogP contribution in [0.2, 0.25) is 0 Å². The van der Waals surface area contributed by atoms with Gasteiger partial charge in [-0.25, -0.2) is 9.59 Å². The van der Waals surface area contributed by atoms with Gasteiger partial charge in [-0.05, 0) is 42.7 Å². The maximum Gasteiger partial charge on any atom is 0.355 e. The summed E-state index contributed by atoms with van der Waals surface area (Å²) in [4.78, 5) is 27.6. The lowest BCUT2D eigenvalue weighted by Gasteiger charge is -2.37. The van der Waals surface area contributed by atoms with E-state index in [1.807, 2.05) is 32.0 Å². The summed E-state index contributed by atoms with van der Waals surface area (Å²) in [7, 11) is 2.45. The van der Waals surface area contributed by atoms with Crippen molar-refractivity contribution in [3.63, 3.8) is 0 Å². The van der Waals surface area contributed by atoms with Crippen LogP contribution in [0.15, 0.2) is 69.6 Å². The van der Waals surface area contributed by atoms with Gasteiger partial charge in [-0.3, -0.25) is 4.90 Å². The van der Waals surface area contributed by atoms with Crippen LogP contribution in [0.5, 0.6) is 0 Å². The molecule has 1 unspecified atom stereocenters. The molecule has 3 rings (SSSR count). The number of allylic oxidation sites excluding steroid dienone is 1. The van der Waals surface area contributed by atoms with Gasteiger partial charge in [0.2, 0.25) is 0 Å². The minimum atomic E-state index is -0.893. The van der Waals surface area contributed by atoms with Crippen molar-refractivity contribution in [2.45, 2.75) is 19.8 Å². The van der Waals surface area contributed by atoms with Crippen molar-refractivity contribution < 1.29 is 19.1 Å². The highest BCUT2D eigenvalue weighted by Crippen LogP contribution is 2.44. The number of benzene rings is 2. The molecule has 0 aromatic heterocycles. The highest BCUT2D eigenvalue weighted by atomic mass is 79.9. The largest absolute Gasteiger partial charge is 0.466 e. The third-order valence-electron chi connectivity index (χ3n) is 5.29. The molecule has 1 aliphatic rings. The number of hydrogen-bond donors (Lipinski definition) is 1. The molecule has 2 N–H and O–H groups in total. The van der Waals surface area contributed by atoms with E-state index in [-0.39, 0.29) is 22.7 Å². The summed E-state index contributed by atoms with van der Waals surface area (Å²) in [5.74, 6) is -2.37. The van der Waals surface area contributed by atoms with Gasteiger partial charge in [0.05, 0.1) is 43.0 Å². The molecule has 164 valence electrons. The SMILES string of the molecule is COC(=O)C1=C(C(=O)OC)N(c2c(C)cc(Br)cc2C)C(N)=C(C#N)C1c1ccccc1. The van der Waals surface area contributed by atoms with Crippen molar-refractivity contribution in [3.05, 3.63) is 86.3 Å². The van der Waals surface area contributed by atoms with Crippen LogP contribution in [0.25, 0.3) is 0 Å². The molecule has 0 bridgehead atoms. The predicted octanol–water partition coefficient (Wildman–Crippen LogP) is 3.96. The van der Waals surface area contributed by atoms with Gasteiger partial charge in [-0.15, -0.1) is 0 Å². The number of halogens is 1. The molecular formula is C24H22BrN3O4. The Bertz CT molecular complexity index is 1170. The van der Waals surface area contributed by atoms with Gasteiger partial charge in [0.15, 0.2) is 0 Å². The summed E-state index contributed by atoms with van der Waals surface area (Å²) in [6.07, 6.45) is 0. The van der Waals surface area contributed by atoms with E-state index in [4.69, 9.17) is 15.2 Å². The third-order valence-corrected chi connectivity index (χ3v) is 5.75. The monoisotopic (exact) mass is 495 g/mol. The molecule has 0 spiro atoms.